The van der Waals surface area contributed by atoms with E-state index in [9.17, 15) is 0 Å². The fourth-order valence-corrected chi connectivity index (χ4v) is 1.77. The largest absolute Gasteiger partial charge is 0.497 e. The number of benzene rings is 2. The Labute approximate surface area is 117 Å². The molecule has 0 spiro atoms. The molecule has 2 aromatic rings. The van der Waals surface area contributed by atoms with Gasteiger partial charge in [-0.3, -0.25) is 0 Å². The van der Waals surface area contributed by atoms with Gasteiger partial charge in [-0.25, -0.2) is 0 Å². The molecule has 0 saturated heterocycles. The smallest absolute Gasteiger partial charge is 0.211 e. The lowest BCUT2D eigenvalue weighted by Gasteiger charge is -2.15. The highest BCUT2D eigenvalue weighted by atomic mass is 16.5. The van der Waals surface area contributed by atoms with Gasteiger partial charge in [0.05, 0.1) is 27.0 Å². The summed E-state index contributed by atoms with van der Waals surface area (Å²) in [6.07, 6.45) is 0. The molecule has 0 saturated carbocycles. The van der Waals surface area contributed by atoms with Crippen molar-refractivity contribution in [3.63, 3.8) is 0 Å². The Balaban J connectivity index is 2.39. The topological polar surface area (TPSA) is 62.9 Å². The second-order valence-electron chi connectivity index (χ2n) is 4.00. The monoisotopic (exact) mass is 275 g/mol. The Bertz CT molecular complexity index is 576. The average Bonchev–Trinajstić information content (AvgIpc) is 2.49. The van der Waals surface area contributed by atoms with E-state index in [1.54, 1.807) is 51.7 Å². The number of para-hydroxylation sites is 1. The van der Waals surface area contributed by atoms with E-state index in [1.165, 1.54) is 0 Å². The van der Waals surface area contributed by atoms with Gasteiger partial charge in [0.2, 0.25) is 5.75 Å². The Kier molecular flexibility index (Phi) is 4.20. The first kappa shape index (κ1) is 13.9. The molecular formula is C15H17NO4. The zero-order chi connectivity index (χ0) is 14.5. The lowest BCUT2D eigenvalue weighted by Crippen LogP contribution is -1.97. The predicted octanol–water partition coefficient (Wildman–Crippen LogP) is 3.09. The summed E-state index contributed by atoms with van der Waals surface area (Å²) in [5, 5.41) is 0. The van der Waals surface area contributed by atoms with Gasteiger partial charge in [0.1, 0.15) is 5.75 Å². The van der Waals surface area contributed by atoms with Crippen molar-refractivity contribution < 1.29 is 18.9 Å². The summed E-state index contributed by atoms with van der Waals surface area (Å²) < 4.78 is 21.5. The summed E-state index contributed by atoms with van der Waals surface area (Å²) in [5.41, 5.74) is 6.41. The normalized spacial score (nSPS) is 9.95. The third-order valence-electron chi connectivity index (χ3n) is 2.81. The van der Waals surface area contributed by atoms with Gasteiger partial charge in [0.15, 0.2) is 17.2 Å². The maximum atomic E-state index is 5.94. The lowest BCUT2D eigenvalue weighted by atomic mass is 10.2. The third-order valence-corrected chi connectivity index (χ3v) is 2.81. The van der Waals surface area contributed by atoms with Crippen molar-refractivity contribution >= 4 is 5.69 Å². The molecule has 0 radical (unpaired) electrons. The molecule has 0 amide bonds. The summed E-state index contributed by atoms with van der Waals surface area (Å²) in [6.45, 7) is 0. The molecule has 2 rings (SSSR count). The molecular weight excluding hydrogens is 258 g/mol. The van der Waals surface area contributed by atoms with Crippen LogP contribution in [0.3, 0.4) is 0 Å². The van der Waals surface area contributed by atoms with Crippen LogP contribution in [0.5, 0.6) is 28.7 Å². The van der Waals surface area contributed by atoms with Crippen LogP contribution in [0, 0.1) is 0 Å². The Morgan fingerprint density at radius 3 is 1.95 bits per heavy atom. The molecule has 0 aliphatic carbocycles. The van der Waals surface area contributed by atoms with Gasteiger partial charge in [-0.05, 0) is 24.3 Å². The zero-order valence-electron chi connectivity index (χ0n) is 11.7. The summed E-state index contributed by atoms with van der Waals surface area (Å²) in [4.78, 5) is 0. The minimum Gasteiger partial charge on any atom is -0.497 e. The molecule has 0 atom stereocenters. The molecule has 0 aliphatic heterocycles. The molecule has 0 aliphatic rings. The van der Waals surface area contributed by atoms with Gasteiger partial charge in [0, 0.05) is 6.07 Å². The van der Waals surface area contributed by atoms with Gasteiger partial charge in [0.25, 0.3) is 0 Å². The second-order valence-corrected chi connectivity index (χ2v) is 4.00. The van der Waals surface area contributed by atoms with Crippen molar-refractivity contribution in [2.45, 2.75) is 0 Å². The van der Waals surface area contributed by atoms with Gasteiger partial charge in [-0.2, -0.15) is 0 Å². The molecule has 0 aromatic heterocycles. The average molecular weight is 275 g/mol. The van der Waals surface area contributed by atoms with Crippen LogP contribution in [-0.4, -0.2) is 21.3 Å². The van der Waals surface area contributed by atoms with Crippen LogP contribution in [0.2, 0.25) is 0 Å². The van der Waals surface area contributed by atoms with Gasteiger partial charge >= 0.3 is 0 Å². The van der Waals surface area contributed by atoms with E-state index in [1.807, 2.05) is 6.07 Å². The highest BCUT2D eigenvalue weighted by Crippen LogP contribution is 2.41. The van der Waals surface area contributed by atoms with E-state index in [2.05, 4.69) is 0 Å². The fraction of sp³-hybridized carbons (Fsp3) is 0.200. The molecule has 0 bridgehead atoms. The van der Waals surface area contributed by atoms with Crippen molar-refractivity contribution in [3.05, 3.63) is 36.4 Å². The number of nitrogens with two attached hydrogens (primary N) is 1. The number of rotatable bonds is 5. The van der Waals surface area contributed by atoms with Gasteiger partial charge < -0.3 is 24.7 Å². The lowest BCUT2D eigenvalue weighted by molar-refractivity contribution is 0.346. The number of ether oxygens (including phenoxy) is 4. The number of nitrogen functional groups attached to an aromatic ring is 1. The molecule has 106 valence electrons. The summed E-state index contributed by atoms with van der Waals surface area (Å²) in [7, 11) is 4.72. The van der Waals surface area contributed by atoms with E-state index in [-0.39, 0.29) is 0 Å². The Hall–Kier alpha value is -2.56. The number of hydrogen-bond donors (Lipinski definition) is 1. The summed E-state index contributed by atoms with van der Waals surface area (Å²) >= 11 is 0. The Morgan fingerprint density at radius 1 is 0.800 bits per heavy atom. The highest BCUT2D eigenvalue weighted by Gasteiger charge is 2.14. The number of anilines is 1. The number of methoxy groups -OCH3 is 3. The first-order valence-electron chi connectivity index (χ1n) is 6.02. The van der Waals surface area contributed by atoms with Crippen LogP contribution in [0.1, 0.15) is 0 Å². The first-order chi connectivity index (χ1) is 9.69. The third kappa shape index (κ3) is 2.71. The van der Waals surface area contributed by atoms with Crippen molar-refractivity contribution in [2.24, 2.45) is 0 Å². The van der Waals surface area contributed by atoms with Crippen LogP contribution in [0.4, 0.5) is 5.69 Å². The van der Waals surface area contributed by atoms with Crippen LogP contribution >= 0.6 is 0 Å². The molecule has 2 aromatic carbocycles. The molecule has 0 fully saturated rings. The highest BCUT2D eigenvalue weighted by molar-refractivity contribution is 5.60. The maximum absolute atomic E-state index is 5.94. The van der Waals surface area contributed by atoms with Crippen LogP contribution in [0.15, 0.2) is 36.4 Å². The molecule has 5 nitrogen and oxygen atoms in total. The quantitative estimate of drug-likeness (QED) is 0.849. The van der Waals surface area contributed by atoms with Gasteiger partial charge in [-0.1, -0.05) is 6.07 Å². The van der Waals surface area contributed by atoms with Crippen molar-refractivity contribution in [2.75, 3.05) is 27.1 Å². The molecule has 0 heterocycles. The minimum absolute atomic E-state index is 0.470. The minimum atomic E-state index is 0.470. The summed E-state index contributed by atoms with van der Waals surface area (Å²) in [5.74, 6) is 2.80. The molecule has 2 N–H and O–H groups in total. The summed E-state index contributed by atoms with van der Waals surface area (Å²) in [6, 6.07) is 10.6. The standard InChI is InChI=1S/C15H17NO4/c1-17-10-7-8-12(11(16)9-10)20-15-13(18-2)5-4-6-14(15)19-3/h4-9H,16H2,1-3H3. The SMILES string of the molecule is COc1ccc(Oc2c(OC)cccc2OC)c(N)c1. The van der Waals surface area contributed by atoms with E-state index in [0.29, 0.717) is 34.4 Å². The van der Waals surface area contributed by atoms with Crippen LogP contribution < -0.4 is 24.7 Å². The van der Waals surface area contributed by atoms with Crippen molar-refractivity contribution in [3.8, 4) is 28.7 Å². The van der Waals surface area contributed by atoms with E-state index in [4.69, 9.17) is 24.7 Å². The van der Waals surface area contributed by atoms with Crippen LogP contribution in [-0.2, 0) is 0 Å². The van der Waals surface area contributed by atoms with Gasteiger partial charge in [-0.15, -0.1) is 0 Å². The molecule has 0 unspecified atom stereocenters. The fourth-order valence-electron chi connectivity index (χ4n) is 1.77. The maximum Gasteiger partial charge on any atom is 0.211 e. The molecule has 20 heavy (non-hydrogen) atoms. The zero-order valence-corrected chi connectivity index (χ0v) is 11.7. The van der Waals surface area contributed by atoms with E-state index < -0.39 is 0 Å². The van der Waals surface area contributed by atoms with Crippen LogP contribution in [0.25, 0.3) is 0 Å². The van der Waals surface area contributed by atoms with E-state index in [0.717, 1.165) is 0 Å². The van der Waals surface area contributed by atoms with Crippen molar-refractivity contribution in [1.29, 1.82) is 0 Å². The molecule has 5 heteroatoms. The second kappa shape index (κ2) is 6.06. The predicted molar refractivity (Wildman–Crippen MR) is 77.0 cm³/mol. The first-order valence-corrected chi connectivity index (χ1v) is 6.02. The Morgan fingerprint density at radius 2 is 1.45 bits per heavy atom. The number of hydrogen-bond acceptors (Lipinski definition) is 5. The van der Waals surface area contributed by atoms with E-state index >= 15 is 0 Å². The van der Waals surface area contributed by atoms with Crippen molar-refractivity contribution in [1.82, 2.24) is 0 Å².